The zero-order chi connectivity index (χ0) is 15.6. The van der Waals surface area contributed by atoms with E-state index in [-0.39, 0.29) is 0 Å². The number of benzene rings is 1. The molecule has 114 valence electrons. The summed E-state index contributed by atoms with van der Waals surface area (Å²) in [6.45, 7) is 2.15. The van der Waals surface area contributed by atoms with Gasteiger partial charge in [-0.15, -0.1) is 5.10 Å². The Morgan fingerprint density at radius 3 is 2.91 bits per heavy atom. The number of anilines is 1. The number of aryl methyl sites for hydroxylation is 1. The average Bonchev–Trinajstić information content (AvgIpc) is 3.19. The molecule has 3 heterocycles. The van der Waals surface area contributed by atoms with Gasteiger partial charge in [0.25, 0.3) is 5.71 Å². The molecule has 0 saturated heterocycles. The van der Waals surface area contributed by atoms with Crippen molar-refractivity contribution < 1.29 is 4.42 Å². The van der Waals surface area contributed by atoms with Gasteiger partial charge < -0.3 is 9.73 Å². The molecule has 4 rings (SSSR count). The summed E-state index contributed by atoms with van der Waals surface area (Å²) in [4.78, 5) is 12.5. The van der Waals surface area contributed by atoms with E-state index in [1.54, 1.807) is 11.6 Å². The lowest BCUT2D eigenvalue weighted by molar-refractivity contribution is 0.551. The lowest BCUT2D eigenvalue weighted by Gasteiger charge is -2.06. The molecule has 3 aromatic heterocycles. The smallest absolute Gasteiger partial charge is 0.252 e. The molecule has 9 nitrogen and oxygen atoms in total. The first-order chi connectivity index (χ1) is 11.3. The van der Waals surface area contributed by atoms with Gasteiger partial charge in [0, 0.05) is 6.92 Å². The Labute approximate surface area is 130 Å². The van der Waals surface area contributed by atoms with Crippen LogP contribution in [0.2, 0.25) is 0 Å². The van der Waals surface area contributed by atoms with E-state index >= 15 is 0 Å². The van der Waals surface area contributed by atoms with Crippen molar-refractivity contribution in [1.82, 2.24) is 35.2 Å². The largest absolute Gasteiger partial charge is 0.422 e. The van der Waals surface area contributed by atoms with Gasteiger partial charge in [0.05, 0.1) is 12.2 Å². The summed E-state index contributed by atoms with van der Waals surface area (Å²) in [6, 6.07) is 9.67. The molecular formula is C14H12N8O. The molecule has 0 atom stereocenters. The van der Waals surface area contributed by atoms with Crippen LogP contribution < -0.4 is 5.32 Å². The highest BCUT2D eigenvalue weighted by molar-refractivity contribution is 5.80. The van der Waals surface area contributed by atoms with Crippen molar-refractivity contribution in [1.29, 1.82) is 0 Å². The maximum Gasteiger partial charge on any atom is 0.252 e. The summed E-state index contributed by atoms with van der Waals surface area (Å²) in [7, 11) is 0. The zero-order valence-corrected chi connectivity index (χ0v) is 12.2. The minimum absolute atomic E-state index is 0.389. The average molecular weight is 308 g/mol. The fourth-order valence-corrected chi connectivity index (χ4v) is 2.24. The molecule has 0 aliphatic carbocycles. The third kappa shape index (κ3) is 2.48. The van der Waals surface area contributed by atoms with Crippen molar-refractivity contribution in [3.63, 3.8) is 0 Å². The molecule has 1 N–H and O–H groups in total. The Hall–Kier alpha value is -3.36. The Morgan fingerprint density at radius 1 is 1.17 bits per heavy atom. The Kier molecular flexibility index (Phi) is 3.15. The third-order valence-electron chi connectivity index (χ3n) is 3.25. The monoisotopic (exact) mass is 308 g/mol. The SMILES string of the molecule is Cc1nc2c(NCc3nnnn3-c3ccccc3)ncnc2o1. The van der Waals surface area contributed by atoms with Gasteiger partial charge in [-0.25, -0.2) is 9.97 Å². The number of fused-ring (bicyclic) bond motifs is 1. The van der Waals surface area contributed by atoms with Gasteiger partial charge in [-0.3, -0.25) is 0 Å². The van der Waals surface area contributed by atoms with E-state index in [1.165, 1.54) is 6.33 Å². The predicted molar refractivity (Wildman–Crippen MR) is 80.8 cm³/mol. The van der Waals surface area contributed by atoms with E-state index in [2.05, 4.69) is 35.8 Å². The number of nitrogens with one attached hydrogen (secondary N) is 1. The van der Waals surface area contributed by atoms with Gasteiger partial charge in [-0.1, -0.05) is 18.2 Å². The summed E-state index contributed by atoms with van der Waals surface area (Å²) >= 11 is 0. The molecule has 0 aliphatic rings. The van der Waals surface area contributed by atoms with Crippen molar-refractivity contribution in [3.8, 4) is 5.69 Å². The second-order valence-electron chi connectivity index (χ2n) is 4.80. The van der Waals surface area contributed by atoms with Crippen LogP contribution in [0.5, 0.6) is 0 Å². The number of hydrogen-bond donors (Lipinski definition) is 1. The minimum Gasteiger partial charge on any atom is -0.422 e. The van der Waals surface area contributed by atoms with Crippen molar-refractivity contribution in [2.75, 3.05) is 5.32 Å². The van der Waals surface area contributed by atoms with Crippen molar-refractivity contribution in [2.45, 2.75) is 13.5 Å². The van der Waals surface area contributed by atoms with Gasteiger partial charge in [-0.05, 0) is 22.6 Å². The number of oxazole rings is 1. The lowest BCUT2D eigenvalue weighted by atomic mass is 10.3. The minimum atomic E-state index is 0.389. The van der Waals surface area contributed by atoms with Crippen LogP contribution in [0.25, 0.3) is 16.9 Å². The quantitative estimate of drug-likeness (QED) is 0.604. The van der Waals surface area contributed by atoms with Crippen LogP contribution in [0.3, 0.4) is 0 Å². The standard InChI is InChI=1S/C14H12N8O/c1-9-18-12-13(16-8-17-14(12)23-9)15-7-11-19-20-21-22(11)10-5-3-2-4-6-10/h2-6,8H,7H2,1H3,(H,15,16,17). The summed E-state index contributed by atoms with van der Waals surface area (Å²) < 4.78 is 7.06. The molecule has 23 heavy (non-hydrogen) atoms. The van der Waals surface area contributed by atoms with Crippen molar-refractivity contribution >= 4 is 17.0 Å². The molecule has 0 aliphatic heterocycles. The maximum absolute atomic E-state index is 5.39. The maximum atomic E-state index is 5.39. The molecular weight excluding hydrogens is 296 g/mol. The number of rotatable bonds is 4. The highest BCUT2D eigenvalue weighted by Gasteiger charge is 2.12. The second-order valence-corrected chi connectivity index (χ2v) is 4.80. The molecule has 0 radical (unpaired) electrons. The van der Waals surface area contributed by atoms with Crippen LogP contribution in [-0.4, -0.2) is 35.2 Å². The molecule has 4 aromatic rings. The lowest BCUT2D eigenvalue weighted by Crippen LogP contribution is -2.09. The second kappa shape index (κ2) is 5.44. The van der Waals surface area contributed by atoms with Crippen LogP contribution >= 0.6 is 0 Å². The van der Waals surface area contributed by atoms with E-state index in [0.29, 0.717) is 35.3 Å². The van der Waals surface area contributed by atoms with Crippen molar-refractivity contribution in [2.24, 2.45) is 0 Å². The summed E-state index contributed by atoms with van der Waals surface area (Å²) in [5.41, 5.74) is 1.92. The molecule has 0 bridgehead atoms. The number of para-hydroxylation sites is 1. The van der Waals surface area contributed by atoms with Gasteiger partial charge >= 0.3 is 0 Å². The van der Waals surface area contributed by atoms with Crippen molar-refractivity contribution in [3.05, 3.63) is 48.4 Å². The topological polar surface area (TPSA) is 107 Å². The van der Waals surface area contributed by atoms with Gasteiger partial charge in [-0.2, -0.15) is 9.67 Å². The summed E-state index contributed by atoms with van der Waals surface area (Å²) in [5, 5.41) is 15.0. The molecule has 0 fully saturated rings. The molecule has 9 heteroatoms. The van der Waals surface area contributed by atoms with E-state index in [0.717, 1.165) is 5.69 Å². The fourth-order valence-electron chi connectivity index (χ4n) is 2.24. The van der Waals surface area contributed by atoms with E-state index in [4.69, 9.17) is 4.42 Å². The Balaban J connectivity index is 1.61. The van der Waals surface area contributed by atoms with Crippen LogP contribution in [0.1, 0.15) is 11.7 Å². The molecule has 0 saturated carbocycles. The first kappa shape index (κ1) is 13.3. The van der Waals surface area contributed by atoms with Gasteiger partial charge in [0.2, 0.25) is 0 Å². The van der Waals surface area contributed by atoms with E-state index in [1.807, 2.05) is 30.3 Å². The predicted octanol–water partition coefficient (Wildman–Crippen LogP) is 1.51. The highest BCUT2D eigenvalue weighted by atomic mass is 16.4. The number of tetrazole rings is 1. The Morgan fingerprint density at radius 2 is 2.04 bits per heavy atom. The van der Waals surface area contributed by atoms with Gasteiger partial charge in [0.1, 0.15) is 6.33 Å². The fraction of sp³-hybridized carbons (Fsp3) is 0.143. The summed E-state index contributed by atoms with van der Waals surface area (Å²) in [6.07, 6.45) is 1.43. The molecule has 1 aromatic carbocycles. The van der Waals surface area contributed by atoms with Crippen LogP contribution in [0, 0.1) is 6.92 Å². The third-order valence-corrected chi connectivity index (χ3v) is 3.25. The van der Waals surface area contributed by atoms with E-state index < -0.39 is 0 Å². The number of aromatic nitrogens is 7. The Bertz CT molecular complexity index is 946. The first-order valence-corrected chi connectivity index (χ1v) is 6.96. The van der Waals surface area contributed by atoms with Crippen LogP contribution in [0.15, 0.2) is 41.1 Å². The zero-order valence-electron chi connectivity index (χ0n) is 12.2. The van der Waals surface area contributed by atoms with Crippen LogP contribution in [0.4, 0.5) is 5.82 Å². The summed E-state index contributed by atoms with van der Waals surface area (Å²) in [5.74, 6) is 1.77. The first-order valence-electron chi connectivity index (χ1n) is 6.96. The number of hydrogen-bond acceptors (Lipinski definition) is 8. The molecule has 0 amide bonds. The van der Waals surface area contributed by atoms with Gasteiger partial charge in [0.15, 0.2) is 23.0 Å². The van der Waals surface area contributed by atoms with Crippen LogP contribution in [-0.2, 0) is 6.54 Å². The number of nitrogens with zero attached hydrogens (tertiary/aromatic N) is 7. The molecule has 0 unspecified atom stereocenters. The van der Waals surface area contributed by atoms with E-state index in [9.17, 15) is 0 Å². The molecule has 0 spiro atoms. The normalized spacial score (nSPS) is 11.0. The highest BCUT2D eigenvalue weighted by Crippen LogP contribution is 2.19.